The third-order valence-corrected chi connectivity index (χ3v) is 2.62. The van der Waals surface area contributed by atoms with Gasteiger partial charge in [0.1, 0.15) is 12.4 Å². The highest BCUT2D eigenvalue weighted by Crippen LogP contribution is 2.25. The van der Waals surface area contributed by atoms with Crippen LogP contribution in [-0.4, -0.2) is 19.2 Å². The summed E-state index contributed by atoms with van der Waals surface area (Å²) in [5.74, 6) is 1.06. The smallest absolute Gasteiger partial charge is 0.122 e. The molecule has 0 aliphatic carbocycles. The van der Waals surface area contributed by atoms with Gasteiger partial charge in [0.15, 0.2) is 0 Å². The zero-order valence-corrected chi connectivity index (χ0v) is 8.84. The number of nitrogens with one attached hydrogen (secondary N) is 1. The maximum atomic E-state index is 5.68. The zero-order valence-electron chi connectivity index (χ0n) is 8.84. The van der Waals surface area contributed by atoms with Crippen molar-refractivity contribution in [2.45, 2.75) is 26.3 Å². The van der Waals surface area contributed by atoms with Crippen LogP contribution >= 0.6 is 0 Å². The van der Waals surface area contributed by atoms with E-state index in [2.05, 4.69) is 37.4 Å². The molecule has 0 saturated carbocycles. The highest BCUT2D eigenvalue weighted by Gasteiger charge is 2.18. The molecule has 2 rings (SSSR count). The Hall–Kier alpha value is -1.02. The first-order valence-corrected chi connectivity index (χ1v) is 5.25. The Balaban J connectivity index is 2.16. The molecule has 1 aromatic rings. The molecular weight excluding hydrogens is 174 g/mol. The molecule has 1 heterocycles. The minimum absolute atomic E-state index is 0.481. The number of likely N-dealkylation sites (N-methyl/N-ethyl adjacent to an activating group) is 1. The van der Waals surface area contributed by atoms with Gasteiger partial charge in [0.25, 0.3) is 0 Å². The Bertz CT molecular complexity index is 322. The van der Waals surface area contributed by atoms with E-state index in [1.165, 1.54) is 11.1 Å². The predicted octanol–water partition coefficient (Wildman–Crippen LogP) is 1.91. The van der Waals surface area contributed by atoms with Crippen molar-refractivity contribution in [1.29, 1.82) is 0 Å². The van der Waals surface area contributed by atoms with Gasteiger partial charge in [-0.1, -0.05) is 24.6 Å². The normalized spacial score (nSPS) is 20.0. The summed E-state index contributed by atoms with van der Waals surface area (Å²) in [5.41, 5.74) is 2.65. The van der Waals surface area contributed by atoms with E-state index in [0.717, 1.165) is 25.3 Å². The number of ether oxygens (including phenoxy) is 1. The molecule has 76 valence electrons. The molecule has 1 aliphatic rings. The monoisotopic (exact) mass is 191 g/mol. The summed E-state index contributed by atoms with van der Waals surface area (Å²) in [7, 11) is 0. The average Bonchev–Trinajstić information content (AvgIpc) is 2.17. The van der Waals surface area contributed by atoms with Crippen LogP contribution in [0.4, 0.5) is 0 Å². The SMILES string of the molecule is CCNC1COc2ccc(C)cc2C1. The van der Waals surface area contributed by atoms with E-state index < -0.39 is 0 Å². The summed E-state index contributed by atoms with van der Waals surface area (Å²) in [6.07, 6.45) is 1.09. The molecule has 0 saturated heterocycles. The Labute approximate surface area is 85.3 Å². The van der Waals surface area contributed by atoms with Crippen molar-refractivity contribution in [2.75, 3.05) is 13.2 Å². The molecule has 2 heteroatoms. The van der Waals surface area contributed by atoms with E-state index >= 15 is 0 Å². The van der Waals surface area contributed by atoms with Crippen molar-refractivity contribution in [2.24, 2.45) is 0 Å². The van der Waals surface area contributed by atoms with Gasteiger partial charge in [0, 0.05) is 6.04 Å². The Morgan fingerprint density at radius 3 is 3.14 bits per heavy atom. The van der Waals surface area contributed by atoms with Crippen LogP contribution in [-0.2, 0) is 6.42 Å². The highest BCUT2D eigenvalue weighted by molar-refractivity contribution is 5.38. The van der Waals surface area contributed by atoms with Crippen LogP contribution in [0.3, 0.4) is 0 Å². The first kappa shape index (κ1) is 9.53. The predicted molar refractivity (Wildman–Crippen MR) is 57.8 cm³/mol. The van der Waals surface area contributed by atoms with Crippen LogP contribution in [0.25, 0.3) is 0 Å². The van der Waals surface area contributed by atoms with Gasteiger partial charge >= 0.3 is 0 Å². The first-order chi connectivity index (χ1) is 6.79. The van der Waals surface area contributed by atoms with Crippen molar-refractivity contribution in [3.8, 4) is 5.75 Å². The lowest BCUT2D eigenvalue weighted by atomic mass is 10.0. The fourth-order valence-corrected chi connectivity index (χ4v) is 1.94. The minimum Gasteiger partial charge on any atom is -0.492 e. The van der Waals surface area contributed by atoms with Crippen molar-refractivity contribution >= 4 is 0 Å². The summed E-state index contributed by atoms with van der Waals surface area (Å²) in [6, 6.07) is 6.88. The molecule has 1 atom stereocenters. The van der Waals surface area contributed by atoms with E-state index in [0.29, 0.717) is 6.04 Å². The second-order valence-electron chi connectivity index (χ2n) is 3.88. The first-order valence-electron chi connectivity index (χ1n) is 5.25. The molecule has 2 nitrogen and oxygen atoms in total. The van der Waals surface area contributed by atoms with Crippen LogP contribution in [0.5, 0.6) is 5.75 Å². The van der Waals surface area contributed by atoms with Gasteiger partial charge in [0.05, 0.1) is 0 Å². The Kier molecular flexibility index (Phi) is 2.73. The van der Waals surface area contributed by atoms with E-state index in [1.807, 2.05) is 0 Å². The molecule has 1 aliphatic heterocycles. The largest absolute Gasteiger partial charge is 0.492 e. The fourth-order valence-electron chi connectivity index (χ4n) is 1.94. The van der Waals surface area contributed by atoms with Gasteiger partial charge in [0.2, 0.25) is 0 Å². The van der Waals surface area contributed by atoms with Gasteiger partial charge < -0.3 is 10.1 Å². The standard InChI is InChI=1S/C12H17NO/c1-3-13-11-7-10-6-9(2)4-5-12(10)14-8-11/h4-6,11,13H,3,7-8H2,1-2H3. The van der Waals surface area contributed by atoms with Gasteiger partial charge in [-0.25, -0.2) is 0 Å². The van der Waals surface area contributed by atoms with E-state index in [-0.39, 0.29) is 0 Å². The molecular formula is C12H17NO. The molecule has 0 radical (unpaired) electrons. The molecule has 1 unspecified atom stereocenters. The average molecular weight is 191 g/mol. The van der Waals surface area contributed by atoms with Crippen molar-refractivity contribution in [3.63, 3.8) is 0 Å². The highest BCUT2D eigenvalue weighted by atomic mass is 16.5. The second kappa shape index (κ2) is 4.01. The van der Waals surface area contributed by atoms with E-state index in [1.54, 1.807) is 0 Å². The van der Waals surface area contributed by atoms with E-state index in [4.69, 9.17) is 4.74 Å². The van der Waals surface area contributed by atoms with Crippen LogP contribution in [0, 0.1) is 6.92 Å². The summed E-state index contributed by atoms with van der Waals surface area (Å²) >= 11 is 0. The third-order valence-electron chi connectivity index (χ3n) is 2.62. The topological polar surface area (TPSA) is 21.3 Å². The van der Waals surface area contributed by atoms with Crippen LogP contribution < -0.4 is 10.1 Å². The molecule has 0 spiro atoms. The maximum absolute atomic E-state index is 5.68. The molecule has 0 amide bonds. The lowest BCUT2D eigenvalue weighted by Crippen LogP contribution is -2.39. The van der Waals surface area contributed by atoms with Crippen molar-refractivity contribution in [1.82, 2.24) is 5.32 Å². The quantitative estimate of drug-likeness (QED) is 0.771. The number of hydrogen-bond acceptors (Lipinski definition) is 2. The number of benzene rings is 1. The minimum atomic E-state index is 0.481. The summed E-state index contributed by atoms with van der Waals surface area (Å²) in [5, 5.41) is 3.42. The maximum Gasteiger partial charge on any atom is 0.122 e. The van der Waals surface area contributed by atoms with Crippen LogP contribution in [0.1, 0.15) is 18.1 Å². The van der Waals surface area contributed by atoms with Gasteiger partial charge in [-0.3, -0.25) is 0 Å². The summed E-state index contributed by atoms with van der Waals surface area (Å²) < 4.78 is 5.68. The summed E-state index contributed by atoms with van der Waals surface area (Å²) in [6.45, 7) is 6.06. The number of aryl methyl sites for hydroxylation is 1. The molecule has 0 bridgehead atoms. The number of hydrogen-bond donors (Lipinski definition) is 1. The van der Waals surface area contributed by atoms with Gasteiger partial charge in [-0.15, -0.1) is 0 Å². The second-order valence-corrected chi connectivity index (χ2v) is 3.88. The van der Waals surface area contributed by atoms with Crippen molar-refractivity contribution in [3.05, 3.63) is 29.3 Å². The third kappa shape index (κ3) is 1.90. The number of fused-ring (bicyclic) bond motifs is 1. The van der Waals surface area contributed by atoms with Gasteiger partial charge in [-0.2, -0.15) is 0 Å². The van der Waals surface area contributed by atoms with Gasteiger partial charge in [-0.05, 0) is 31.5 Å². The Morgan fingerprint density at radius 2 is 2.36 bits per heavy atom. The van der Waals surface area contributed by atoms with Crippen LogP contribution in [0.2, 0.25) is 0 Å². The summed E-state index contributed by atoms with van der Waals surface area (Å²) in [4.78, 5) is 0. The molecule has 1 aromatic carbocycles. The Morgan fingerprint density at radius 1 is 1.50 bits per heavy atom. The molecule has 0 aromatic heterocycles. The van der Waals surface area contributed by atoms with E-state index in [9.17, 15) is 0 Å². The van der Waals surface area contributed by atoms with Crippen molar-refractivity contribution < 1.29 is 4.74 Å². The molecule has 1 N–H and O–H groups in total. The number of rotatable bonds is 2. The van der Waals surface area contributed by atoms with Crippen LogP contribution in [0.15, 0.2) is 18.2 Å². The zero-order chi connectivity index (χ0) is 9.97. The lowest BCUT2D eigenvalue weighted by Gasteiger charge is -2.26. The fraction of sp³-hybridized carbons (Fsp3) is 0.500. The lowest BCUT2D eigenvalue weighted by molar-refractivity contribution is 0.241. The molecule has 14 heavy (non-hydrogen) atoms. The molecule has 0 fully saturated rings.